The Hall–Kier alpha value is -5.92. The van der Waals surface area contributed by atoms with Gasteiger partial charge in [0.25, 0.3) is 11.8 Å². The van der Waals surface area contributed by atoms with Gasteiger partial charge in [0, 0.05) is 44.3 Å². The quantitative estimate of drug-likeness (QED) is 0.164. The van der Waals surface area contributed by atoms with Gasteiger partial charge in [0.1, 0.15) is 13.1 Å². The molecule has 4 heterocycles. The lowest BCUT2D eigenvalue weighted by Crippen LogP contribution is -3.00. The van der Waals surface area contributed by atoms with Gasteiger partial charge in [-0.2, -0.15) is 0 Å². The van der Waals surface area contributed by atoms with Crippen molar-refractivity contribution < 1.29 is 45.0 Å². The second kappa shape index (κ2) is 26.8. The highest BCUT2D eigenvalue weighted by Crippen LogP contribution is 2.48. The van der Waals surface area contributed by atoms with E-state index in [1.165, 1.54) is 44.5 Å². The van der Waals surface area contributed by atoms with Crippen LogP contribution in [0.4, 0.5) is 0 Å². The first-order valence-electron chi connectivity index (χ1n) is 27.0. The van der Waals surface area contributed by atoms with E-state index < -0.39 is 0 Å². The van der Waals surface area contributed by atoms with E-state index in [0.717, 1.165) is 85.0 Å². The fourth-order valence-corrected chi connectivity index (χ4v) is 13.5. The van der Waals surface area contributed by atoms with Crippen molar-refractivity contribution in [1.29, 1.82) is 0 Å². The number of nitrogens with zero attached hydrogens (tertiary/aromatic N) is 4. The summed E-state index contributed by atoms with van der Waals surface area (Å²) in [6.07, 6.45) is 3.58. The number of benzene rings is 8. The minimum absolute atomic E-state index is 0. The molecule has 2 fully saturated rings. The highest BCUT2D eigenvalue weighted by Gasteiger charge is 2.54. The molecule has 4 aliphatic heterocycles. The normalized spacial score (nSPS) is 20.1. The summed E-state index contributed by atoms with van der Waals surface area (Å²) in [5, 5.41) is 13.9. The predicted octanol–water partition coefficient (Wildman–Crippen LogP) is 4.83. The van der Waals surface area contributed by atoms with E-state index in [1.54, 1.807) is 0 Å². The SMILES string of the molecule is O=C(c1ccccc1)N1[C@H](Cc2ccccc2)[C@@H](C[NH2+]Cc2ccccc2Br)[C@@H]2c3ccccc3CCN21.O=C(c1ccccc1)N1[C@H](Cc2ccccc2)[C@@H](C[NH2+]Cc2ccccc2Br)[C@@H]2c3ccccc3CCN21.[Cl-].[Cl-]. The molecule has 8 nitrogen and oxygen atoms in total. The van der Waals surface area contributed by atoms with Gasteiger partial charge in [0.05, 0.1) is 49.1 Å². The van der Waals surface area contributed by atoms with Gasteiger partial charge in [-0.3, -0.25) is 19.6 Å². The fourth-order valence-electron chi connectivity index (χ4n) is 12.6. The third-order valence-corrected chi connectivity index (χ3v) is 17.7. The van der Waals surface area contributed by atoms with E-state index >= 15 is 0 Å². The van der Waals surface area contributed by atoms with Crippen molar-refractivity contribution in [1.82, 2.24) is 20.0 Å². The Bertz CT molecular complexity index is 3020. The number of hydrogen-bond acceptors (Lipinski definition) is 4. The zero-order valence-corrected chi connectivity index (χ0v) is 48.3. The molecule has 12 rings (SSSR count). The van der Waals surface area contributed by atoms with Gasteiger partial charge < -0.3 is 35.4 Å². The Labute approximate surface area is 489 Å². The predicted molar refractivity (Wildman–Crippen MR) is 309 cm³/mol. The summed E-state index contributed by atoms with van der Waals surface area (Å²) in [5.74, 6) is 0.770. The molecule has 0 saturated carbocycles. The summed E-state index contributed by atoms with van der Waals surface area (Å²) in [7, 11) is 0. The highest BCUT2D eigenvalue weighted by molar-refractivity contribution is 9.10. The molecule has 0 bridgehead atoms. The van der Waals surface area contributed by atoms with E-state index in [9.17, 15) is 9.59 Å². The van der Waals surface area contributed by atoms with Crippen LogP contribution in [0.5, 0.6) is 0 Å². The van der Waals surface area contributed by atoms with Crippen LogP contribution in [0.25, 0.3) is 0 Å². The third-order valence-electron chi connectivity index (χ3n) is 16.1. The van der Waals surface area contributed by atoms with Crippen LogP contribution in [-0.2, 0) is 38.8 Å². The molecule has 0 radical (unpaired) electrons. The Morgan fingerprint density at radius 1 is 0.423 bits per heavy atom. The van der Waals surface area contributed by atoms with Gasteiger partial charge in [-0.05, 0) is 95.5 Å². The molecule has 8 aromatic rings. The zero-order valence-electron chi connectivity index (χ0n) is 43.6. The number of carbonyl (C=O) groups excluding carboxylic acids is 2. The molecule has 4 aliphatic rings. The average Bonchev–Trinajstić information content (AvgIpc) is 4.21. The zero-order chi connectivity index (χ0) is 51.8. The van der Waals surface area contributed by atoms with E-state index in [0.29, 0.717) is 0 Å². The Morgan fingerprint density at radius 3 is 1.14 bits per heavy atom. The van der Waals surface area contributed by atoms with Crippen molar-refractivity contribution in [2.45, 2.75) is 62.9 Å². The number of amides is 2. The first-order valence-corrected chi connectivity index (χ1v) is 28.6. The van der Waals surface area contributed by atoms with Gasteiger partial charge in [0.15, 0.2) is 0 Å². The van der Waals surface area contributed by atoms with Crippen LogP contribution in [-0.4, -0.2) is 70.1 Å². The maximum atomic E-state index is 14.2. The molecule has 78 heavy (non-hydrogen) atoms. The minimum Gasteiger partial charge on any atom is -1.00 e. The summed E-state index contributed by atoms with van der Waals surface area (Å²) in [4.78, 5) is 28.3. The molecule has 4 N–H and O–H groups in total. The first-order chi connectivity index (χ1) is 37.4. The molecular weight excluding hydrogens is 1140 g/mol. The monoisotopic (exact) mass is 1200 g/mol. The van der Waals surface area contributed by atoms with Gasteiger partial charge in [0.2, 0.25) is 0 Å². The van der Waals surface area contributed by atoms with Crippen molar-refractivity contribution in [3.05, 3.63) is 283 Å². The topological polar surface area (TPSA) is 80.3 Å². The highest BCUT2D eigenvalue weighted by atomic mass is 79.9. The fraction of sp³-hybridized carbons (Fsp3) is 0.242. The number of hydrazine groups is 2. The standard InChI is InChI=1S/2C33H32BrN3O.2ClH/c2*34-30-18-10-8-16-27(30)22-35-23-29-31(21-24-11-3-1-4-12-24)37(33(38)26-14-5-2-6-15-26)36-20-19-25-13-7-9-17-28(25)32(29)36;;/h2*1-18,29,31-32,35H,19-23H2;2*1H/t2*29-,31-,32+;;/m11../s1. The molecule has 0 unspecified atom stereocenters. The summed E-state index contributed by atoms with van der Waals surface area (Å²) in [6.45, 7) is 5.38. The smallest absolute Gasteiger partial charge is 0.268 e. The third kappa shape index (κ3) is 12.4. The lowest BCUT2D eigenvalue weighted by molar-refractivity contribution is -0.677. The number of fused-ring (bicyclic) bond motifs is 6. The number of nitrogens with two attached hydrogens (primary N) is 2. The molecule has 0 aromatic heterocycles. The number of hydrogen-bond donors (Lipinski definition) is 2. The maximum Gasteiger partial charge on any atom is 0.268 e. The van der Waals surface area contributed by atoms with Crippen molar-refractivity contribution in [2.24, 2.45) is 11.8 Å². The van der Waals surface area contributed by atoms with Gasteiger partial charge in [-0.1, -0.05) is 214 Å². The van der Waals surface area contributed by atoms with Crippen molar-refractivity contribution in [3.63, 3.8) is 0 Å². The number of carbonyl (C=O) groups is 2. The molecule has 8 aromatic carbocycles. The van der Waals surface area contributed by atoms with Gasteiger partial charge in [-0.15, -0.1) is 0 Å². The van der Waals surface area contributed by atoms with Crippen molar-refractivity contribution in [3.8, 4) is 0 Å². The summed E-state index contributed by atoms with van der Waals surface area (Å²) >= 11 is 7.43. The van der Waals surface area contributed by atoms with Gasteiger partial charge in [-0.25, -0.2) is 10.0 Å². The molecule has 2 saturated heterocycles. The minimum atomic E-state index is 0. The van der Waals surface area contributed by atoms with Crippen LogP contribution in [0.1, 0.15) is 77.3 Å². The maximum absolute atomic E-state index is 14.2. The molecule has 0 spiro atoms. The molecule has 0 aliphatic carbocycles. The Balaban J connectivity index is 0.000000185. The lowest BCUT2D eigenvalue weighted by atomic mass is 9.82. The van der Waals surface area contributed by atoms with E-state index in [1.807, 2.05) is 60.7 Å². The number of halogens is 4. The van der Waals surface area contributed by atoms with Gasteiger partial charge >= 0.3 is 0 Å². The summed E-state index contributed by atoms with van der Waals surface area (Å²) in [6, 6.07) is 75.9. The van der Waals surface area contributed by atoms with Crippen LogP contribution < -0.4 is 35.4 Å². The molecular formula is C66H66Br2Cl2N6O2. The summed E-state index contributed by atoms with van der Waals surface area (Å²) in [5.41, 5.74) is 12.2. The molecule has 400 valence electrons. The van der Waals surface area contributed by atoms with Crippen LogP contribution >= 0.6 is 31.9 Å². The van der Waals surface area contributed by atoms with Crippen LogP contribution in [0.3, 0.4) is 0 Å². The molecule has 2 amide bonds. The van der Waals surface area contributed by atoms with Crippen LogP contribution in [0.15, 0.2) is 227 Å². The van der Waals surface area contributed by atoms with Crippen molar-refractivity contribution in [2.75, 3.05) is 26.2 Å². The van der Waals surface area contributed by atoms with Crippen LogP contribution in [0, 0.1) is 11.8 Å². The lowest BCUT2D eigenvalue weighted by Gasteiger charge is -2.38. The van der Waals surface area contributed by atoms with Crippen molar-refractivity contribution >= 4 is 43.7 Å². The second-order valence-corrected chi connectivity index (χ2v) is 22.3. The van der Waals surface area contributed by atoms with E-state index in [2.05, 4.69) is 220 Å². The molecule has 12 heteroatoms. The van der Waals surface area contributed by atoms with E-state index in [-0.39, 0.29) is 72.6 Å². The first kappa shape index (κ1) is 56.8. The summed E-state index contributed by atoms with van der Waals surface area (Å²) < 4.78 is 2.29. The number of quaternary nitrogens is 2. The Kier molecular flexibility index (Phi) is 19.5. The molecule has 6 atom stereocenters. The van der Waals surface area contributed by atoms with E-state index in [4.69, 9.17) is 0 Å². The Morgan fingerprint density at radius 2 is 0.756 bits per heavy atom. The van der Waals surface area contributed by atoms with Crippen LogP contribution in [0.2, 0.25) is 0 Å². The average molecular weight is 1210 g/mol. The largest absolute Gasteiger partial charge is 1.00 e. The second-order valence-electron chi connectivity index (χ2n) is 20.6. The number of rotatable bonds is 14.